The number of nitrogens with one attached hydrogen (secondary N) is 1. The third-order valence-electron chi connectivity index (χ3n) is 3.18. The minimum atomic E-state index is 0.858. The molecule has 1 saturated heterocycles. The van der Waals surface area contributed by atoms with Crippen LogP contribution < -0.4 is 5.32 Å². The van der Waals surface area contributed by atoms with E-state index in [1.807, 2.05) is 11.3 Å². The van der Waals surface area contributed by atoms with Crippen LogP contribution in [0.5, 0.6) is 0 Å². The molecule has 0 aromatic carbocycles. The monoisotopic (exact) mass is 224 g/mol. The summed E-state index contributed by atoms with van der Waals surface area (Å²) >= 11 is 1.88. The number of hydrogen-bond donors (Lipinski definition) is 1. The Hall–Kier alpha value is -0.410. The van der Waals surface area contributed by atoms with Crippen LogP contribution in [0.25, 0.3) is 0 Å². The molecular formula is C12H20N2S. The van der Waals surface area contributed by atoms with E-state index < -0.39 is 0 Å². The summed E-state index contributed by atoms with van der Waals surface area (Å²) in [6.45, 7) is 6.78. The molecule has 0 unspecified atom stereocenters. The average Bonchev–Trinajstić information content (AvgIpc) is 2.61. The molecule has 1 aromatic heterocycles. The van der Waals surface area contributed by atoms with Crippen LogP contribution in [0.3, 0.4) is 0 Å². The molecular weight excluding hydrogens is 204 g/mol. The minimum Gasteiger partial charge on any atom is -0.317 e. The Labute approximate surface area is 96.1 Å². The Bertz CT molecular complexity index is 313. The van der Waals surface area contributed by atoms with Crippen LogP contribution in [0.15, 0.2) is 0 Å². The van der Waals surface area contributed by atoms with Gasteiger partial charge in [-0.05, 0) is 51.6 Å². The molecule has 0 atom stereocenters. The van der Waals surface area contributed by atoms with E-state index in [4.69, 9.17) is 4.98 Å². The highest BCUT2D eigenvalue weighted by Crippen LogP contribution is 2.23. The van der Waals surface area contributed by atoms with Gasteiger partial charge in [-0.1, -0.05) is 6.92 Å². The maximum Gasteiger partial charge on any atom is 0.0928 e. The molecule has 0 aliphatic carbocycles. The highest BCUT2D eigenvalue weighted by atomic mass is 32.1. The predicted octanol–water partition coefficient (Wildman–Crippen LogP) is 2.56. The zero-order valence-electron chi connectivity index (χ0n) is 9.68. The van der Waals surface area contributed by atoms with E-state index >= 15 is 0 Å². The second kappa shape index (κ2) is 5.08. The SMILES string of the molecule is CCc1nc(CC2CCNCC2)c(C)s1. The number of aryl methyl sites for hydroxylation is 2. The fraction of sp³-hybridized carbons (Fsp3) is 0.750. The van der Waals surface area contributed by atoms with E-state index in [-0.39, 0.29) is 0 Å². The molecule has 84 valence electrons. The number of thiazole rings is 1. The van der Waals surface area contributed by atoms with Crippen LogP contribution in [0.1, 0.15) is 35.3 Å². The maximum absolute atomic E-state index is 4.72. The van der Waals surface area contributed by atoms with Crippen molar-refractivity contribution in [3.05, 3.63) is 15.6 Å². The first-order valence-electron chi connectivity index (χ1n) is 5.95. The summed E-state index contributed by atoms with van der Waals surface area (Å²) in [5, 5.41) is 4.72. The van der Waals surface area contributed by atoms with E-state index in [0.29, 0.717) is 0 Å². The Balaban J connectivity index is 1.99. The lowest BCUT2D eigenvalue weighted by Gasteiger charge is -2.21. The van der Waals surface area contributed by atoms with Crippen LogP contribution >= 0.6 is 11.3 Å². The van der Waals surface area contributed by atoms with Gasteiger partial charge in [0.2, 0.25) is 0 Å². The van der Waals surface area contributed by atoms with Gasteiger partial charge in [-0.2, -0.15) is 0 Å². The molecule has 0 radical (unpaired) electrons. The van der Waals surface area contributed by atoms with E-state index in [9.17, 15) is 0 Å². The fourth-order valence-corrected chi connectivity index (χ4v) is 3.09. The van der Waals surface area contributed by atoms with E-state index in [0.717, 1.165) is 12.3 Å². The molecule has 3 heteroatoms. The summed E-state index contributed by atoms with van der Waals surface area (Å²) in [6, 6.07) is 0. The summed E-state index contributed by atoms with van der Waals surface area (Å²) in [6.07, 6.45) is 4.92. The average molecular weight is 224 g/mol. The Morgan fingerprint density at radius 2 is 2.13 bits per heavy atom. The van der Waals surface area contributed by atoms with E-state index in [1.165, 1.54) is 47.9 Å². The highest BCUT2D eigenvalue weighted by Gasteiger charge is 2.16. The molecule has 1 fully saturated rings. The Morgan fingerprint density at radius 1 is 1.40 bits per heavy atom. The van der Waals surface area contributed by atoms with Gasteiger partial charge < -0.3 is 5.32 Å². The van der Waals surface area contributed by atoms with Crippen molar-refractivity contribution < 1.29 is 0 Å². The topological polar surface area (TPSA) is 24.9 Å². The van der Waals surface area contributed by atoms with Crippen molar-refractivity contribution in [3.63, 3.8) is 0 Å². The van der Waals surface area contributed by atoms with E-state index in [2.05, 4.69) is 19.2 Å². The van der Waals surface area contributed by atoms with Crippen LogP contribution in [0, 0.1) is 12.8 Å². The summed E-state index contributed by atoms with van der Waals surface area (Å²) in [7, 11) is 0. The zero-order chi connectivity index (χ0) is 10.7. The van der Waals surface area contributed by atoms with Crippen molar-refractivity contribution in [1.29, 1.82) is 0 Å². The second-order valence-electron chi connectivity index (χ2n) is 4.36. The third-order valence-corrected chi connectivity index (χ3v) is 4.34. The molecule has 0 spiro atoms. The van der Waals surface area contributed by atoms with Crippen molar-refractivity contribution in [2.24, 2.45) is 5.92 Å². The van der Waals surface area contributed by atoms with Crippen molar-refractivity contribution in [2.45, 2.75) is 39.5 Å². The van der Waals surface area contributed by atoms with Gasteiger partial charge in [-0.15, -0.1) is 11.3 Å². The summed E-state index contributed by atoms with van der Waals surface area (Å²) < 4.78 is 0. The lowest BCUT2D eigenvalue weighted by Crippen LogP contribution is -2.28. The first-order chi connectivity index (χ1) is 7.29. The van der Waals surface area contributed by atoms with Gasteiger partial charge in [-0.3, -0.25) is 0 Å². The van der Waals surface area contributed by atoms with Crippen molar-refractivity contribution >= 4 is 11.3 Å². The van der Waals surface area contributed by atoms with Crippen LogP contribution in [-0.2, 0) is 12.8 Å². The molecule has 0 saturated carbocycles. The van der Waals surface area contributed by atoms with Gasteiger partial charge in [0.25, 0.3) is 0 Å². The normalized spacial score (nSPS) is 18.3. The fourth-order valence-electron chi connectivity index (χ4n) is 2.19. The lowest BCUT2D eigenvalue weighted by atomic mass is 9.93. The summed E-state index contributed by atoms with van der Waals surface area (Å²) in [5.74, 6) is 0.858. The predicted molar refractivity (Wildman–Crippen MR) is 65.5 cm³/mol. The quantitative estimate of drug-likeness (QED) is 0.853. The molecule has 0 bridgehead atoms. The van der Waals surface area contributed by atoms with Crippen LogP contribution in [0.2, 0.25) is 0 Å². The lowest BCUT2D eigenvalue weighted by molar-refractivity contribution is 0.370. The Kier molecular flexibility index (Phi) is 3.76. The van der Waals surface area contributed by atoms with Crippen molar-refractivity contribution in [1.82, 2.24) is 10.3 Å². The molecule has 2 heterocycles. The first-order valence-corrected chi connectivity index (χ1v) is 6.77. The standard InChI is InChI=1S/C12H20N2S/c1-3-12-14-11(9(2)15-12)8-10-4-6-13-7-5-10/h10,13H,3-8H2,1-2H3. The first kappa shape index (κ1) is 11.1. The zero-order valence-corrected chi connectivity index (χ0v) is 10.5. The molecule has 0 amide bonds. The third kappa shape index (κ3) is 2.79. The summed E-state index contributed by atoms with van der Waals surface area (Å²) in [4.78, 5) is 6.16. The van der Waals surface area contributed by atoms with Gasteiger partial charge in [0, 0.05) is 4.88 Å². The molecule has 1 aromatic rings. The molecule has 2 nitrogen and oxygen atoms in total. The molecule has 1 N–H and O–H groups in total. The van der Waals surface area contributed by atoms with Gasteiger partial charge in [-0.25, -0.2) is 4.98 Å². The number of rotatable bonds is 3. The maximum atomic E-state index is 4.72. The number of nitrogens with zero attached hydrogens (tertiary/aromatic N) is 1. The van der Waals surface area contributed by atoms with Gasteiger partial charge in [0.1, 0.15) is 0 Å². The number of piperidine rings is 1. The summed E-state index contributed by atoms with van der Waals surface area (Å²) in [5.41, 5.74) is 1.36. The largest absolute Gasteiger partial charge is 0.317 e. The number of hydrogen-bond acceptors (Lipinski definition) is 3. The van der Waals surface area contributed by atoms with E-state index in [1.54, 1.807) is 0 Å². The van der Waals surface area contributed by atoms with Gasteiger partial charge in [0.15, 0.2) is 0 Å². The van der Waals surface area contributed by atoms with Crippen molar-refractivity contribution in [2.75, 3.05) is 13.1 Å². The smallest absolute Gasteiger partial charge is 0.0928 e. The van der Waals surface area contributed by atoms with Crippen molar-refractivity contribution in [3.8, 4) is 0 Å². The molecule has 2 rings (SSSR count). The van der Waals surface area contributed by atoms with Crippen LogP contribution in [-0.4, -0.2) is 18.1 Å². The highest BCUT2D eigenvalue weighted by molar-refractivity contribution is 7.11. The second-order valence-corrected chi connectivity index (χ2v) is 5.65. The molecule has 15 heavy (non-hydrogen) atoms. The minimum absolute atomic E-state index is 0.858. The molecule has 1 aliphatic rings. The van der Waals surface area contributed by atoms with Gasteiger partial charge >= 0.3 is 0 Å². The van der Waals surface area contributed by atoms with Crippen LogP contribution in [0.4, 0.5) is 0 Å². The Morgan fingerprint density at radius 3 is 2.73 bits per heavy atom. The number of aromatic nitrogens is 1. The molecule has 1 aliphatic heterocycles. The van der Waals surface area contributed by atoms with Gasteiger partial charge in [0.05, 0.1) is 10.7 Å².